The maximum absolute atomic E-state index is 12.5. The van der Waals surface area contributed by atoms with E-state index >= 15 is 0 Å². The molecule has 156 valence electrons. The number of amides is 2. The van der Waals surface area contributed by atoms with Crippen LogP contribution >= 0.6 is 0 Å². The van der Waals surface area contributed by atoms with Crippen molar-refractivity contribution in [3.05, 3.63) is 41.7 Å². The summed E-state index contributed by atoms with van der Waals surface area (Å²) < 4.78 is 7.02. The zero-order chi connectivity index (χ0) is 21.0. The minimum atomic E-state index is -0.354. The Morgan fingerprint density at radius 3 is 2.66 bits per heavy atom. The van der Waals surface area contributed by atoms with E-state index in [1.54, 1.807) is 31.4 Å². The van der Waals surface area contributed by atoms with E-state index in [9.17, 15) is 9.59 Å². The molecular formula is C21H29N5O3. The number of likely N-dealkylation sites (N-methyl/N-ethyl adjacent to an activating group) is 1. The number of hydrogen-bond acceptors (Lipinski definition) is 5. The average molecular weight is 399 g/mol. The van der Waals surface area contributed by atoms with E-state index in [0.717, 1.165) is 30.8 Å². The lowest BCUT2D eigenvalue weighted by Crippen LogP contribution is -2.47. The number of carbonyl (C=O) groups is 2. The molecule has 0 aliphatic carbocycles. The van der Waals surface area contributed by atoms with Gasteiger partial charge in [-0.1, -0.05) is 0 Å². The van der Waals surface area contributed by atoms with E-state index in [1.165, 1.54) is 0 Å². The summed E-state index contributed by atoms with van der Waals surface area (Å²) in [5.41, 5.74) is 2.29. The Morgan fingerprint density at radius 1 is 1.28 bits per heavy atom. The molecule has 2 heterocycles. The summed E-state index contributed by atoms with van der Waals surface area (Å²) in [4.78, 5) is 26.9. The Kier molecular flexibility index (Phi) is 6.53. The standard InChI is InChI=1S/C21H29N5O3/c1-14(22-21(28)19-12-17-6-5-11-26(17)24-19)13-25(3)15(2)20(27)23-16-7-9-18(29-4)10-8-16/h7-10,12,14-15H,5-6,11,13H2,1-4H3,(H,22,28)(H,23,27). The van der Waals surface area contributed by atoms with Gasteiger partial charge in [-0.15, -0.1) is 0 Å². The topological polar surface area (TPSA) is 88.5 Å². The number of hydrogen-bond donors (Lipinski definition) is 2. The molecule has 8 heteroatoms. The number of aromatic nitrogens is 2. The Morgan fingerprint density at radius 2 is 2.00 bits per heavy atom. The van der Waals surface area contributed by atoms with Crippen molar-refractivity contribution in [3.63, 3.8) is 0 Å². The molecule has 2 atom stereocenters. The summed E-state index contributed by atoms with van der Waals surface area (Å²) in [5.74, 6) is 0.450. The lowest BCUT2D eigenvalue weighted by atomic mass is 10.2. The van der Waals surface area contributed by atoms with E-state index < -0.39 is 0 Å². The third kappa shape index (κ3) is 5.14. The van der Waals surface area contributed by atoms with Crippen LogP contribution < -0.4 is 15.4 Å². The number of anilines is 1. The van der Waals surface area contributed by atoms with Gasteiger partial charge in [-0.05, 0) is 64.1 Å². The van der Waals surface area contributed by atoms with Crippen molar-refractivity contribution >= 4 is 17.5 Å². The van der Waals surface area contributed by atoms with E-state index in [1.807, 2.05) is 36.5 Å². The number of nitrogens with one attached hydrogen (secondary N) is 2. The van der Waals surface area contributed by atoms with E-state index in [2.05, 4.69) is 15.7 Å². The summed E-state index contributed by atoms with van der Waals surface area (Å²) in [6, 6.07) is 8.58. The van der Waals surface area contributed by atoms with Gasteiger partial charge in [0.25, 0.3) is 5.91 Å². The van der Waals surface area contributed by atoms with Crippen LogP contribution in [0.5, 0.6) is 5.75 Å². The first-order valence-electron chi connectivity index (χ1n) is 9.90. The molecule has 2 aromatic rings. The van der Waals surface area contributed by atoms with Gasteiger partial charge in [0.2, 0.25) is 5.91 Å². The lowest BCUT2D eigenvalue weighted by Gasteiger charge is -2.27. The summed E-state index contributed by atoms with van der Waals surface area (Å²) in [6.45, 7) is 5.18. The average Bonchev–Trinajstić information content (AvgIpc) is 3.30. The second-order valence-electron chi connectivity index (χ2n) is 7.56. The van der Waals surface area contributed by atoms with Gasteiger partial charge >= 0.3 is 0 Å². The highest BCUT2D eigenvalue weighted by molar-refractivity contribution is 5.94. The predicted molar refractivity (Wildman–Crippen MR) is 111 cm³/mol. The maximum Gasteiger partial charge on any atom is 0.272 e. The van der Waals surface area contributed by atoms with Crippen molar-refractivity contribution in [1.29, 1.82) is 0 Å². The molecule has 0 radical (unpaired) electrons. The zero-order valence-corrected chi connectivity index (χ0v) is 17.4. The van der Waals surface area contributed by atoms with E-state index in [-0.39, 0.29) is 23.9 Å². The first-order chi connectivity index (χ1) is 13.9. The fraction of sp³-hybridized carbons (Fsp3) is 0.476. The molecule has 2 amide bonds. The van der Waals surface area contributed by atoms with Crippen LogP contribution in [0.15, 0.2) is 30.3 Å². The molecule has 1 aliphatic heterocycles. The van der Waals surface area contributed by atoms with E-state index in [0.29, 0.717) is 17.9 Å². The molecule has 0 fully saturated rings. The Labute approximate surface area is 171 Å². The predicted octanol–water partition coefficient (Wildman–Crippen LogP) is 1.92. The molecular weight excluding hydrogens is 370 g/mol. The molecule has 0 saturated heterocycles. The van der Waals surface area contributed by atoms with Crippen molar-refractivity contribution in [1.82, 2.24) is 20.0 Å². The van der Waals surface area contributed by atoms with Gasteiger partial charge in [-0.2, -0.15) is 5.10 Å². The highest BCUT2D eigenvalue weighted by atomic mass is 16.5. The normalized spacial score (nSPS) is 14.9. The molecule has 8 nitrogen and oxygen atoms in total. The van der Waals surface area contributed by atoms with Crippen LogP contribution in [0.1, 0.15) is 36.5 Å². The molecule has 1 aromatic carbocycles. The SMILES string of the molecule is COc1ccc(NC(=O)C(C)N(C)CC(C)NC(=O)c2cc3n(n2)CCC3)cc1. The number of rotatable bonds is 8. The minimum absolute atomic E-state index is 0.110. The number of ether oxygens (including phenoxy) is 1. The molecule has 2 N–H and O–H groups in total. The number of nitrogens with zero attached hydrogens (tertiary/aromatic N) is 3. The fourth-order valence-electron chi connectivity index (χ4n) is 3.43. The van der Waals surface area contributed by atoms with Crippen LogP contribution in [0.3, 0.4) is 0 Å². The van der Waals surface area contributed by atoms with Crippen molar-refractivity contribution in [2.45, 2.75) is 45.3 Å². The second-order valence-corrected chi connectivity index (χ2v) is 7.56. The number of fused-ring (bicyclic) bond motifs is 1. The fourth-order valence-corrected chi connectivity index (χ4v) is 3.43. The third-order valence-corrected chi connectivity index (χ3v) is 5.24. The van der Waals surface area contributed by atoms with Crippen LogP contribution in [0, 0.1) is 0 Å². The summed E-state index contributed by atoms with van der Waals surface area (Å²) in [6.07, 6.45) is 2.06. The van der Waals surface area contributed by atoms with Gasteiger partial charge in [-0.25, -0.2) is 0 Å². The maximum atomic E-state index is 12.5. The third-order valence-electron chi connectivity index (χ3n) is 5.24. The Hall–Kier alpha value is -2.87. The van der Waals surface area contributed by atoms with Gasteiger partial charge < -0.3 is 15.4 Å². The van der Waals surface area contributed by atoms with Crippen LogP contribution in [0.2, 0.25) is 0 Å². The molecule has 1 aromatic heterocycles. The molecule has 1 aliphatic rings. The van der Waals surface area contributed by atoms with E-state index in [4.69, 9.17) is 4.74 Å². The monoisotopic (exact) mass is 399 g/mol. The van der Waals surface area contributed by atoms with Gasteiger partial charge in [0.05, 0.1) is 13.2 Å². The number of carbonyl (C=O) groups excluding carboxylic acids is 2. The minimum Gasteiger partial charge on any atom is -0.497 e. The molecule has 0 saturated carbocycles. The van der Waals surface area contributed by atoms with Gasteiger partial charge in [0.15, 0.2) is 0 Å². The second kappa shape index (κ2) is 9.09. The van der Waals surface area contributed by atoms with Crippen LogP contribution in [-0.4, -0.2) is 59.3 Å². The number of methoxy groups -OCH3 is 1. The summed E-state index contributed by atoms with van der Waals surface area (Å²) in [7, 11) is 3.47. The Balaban J connectivity index is 1.48. The zero-order valence-electron chi connectivity index (χ0n) is 17.4. The Bertz CT molecular complexity index is 840. The lowest BCUT2D eigenvalue weighted by molar-refractivity contribution is -0.120. The van der Waals surface area contributed by atoms with Crippen LogP contribution in [0.4, 0.5) is 5.69 Å². The largest absolute Gasteiger partial charge is 0.497 e. The summed E-state index contributed by atoms with van der Waals surface area (Å²) in [5, 5.41) is 10.2. The van der Waals surface area contributed by atoms with Crippen molar-refractivity contribution in [2.24, 2.45) is 0 Å². The molecule has 3 rings (SSSR count). The number of benzene rings is 1. The number of aryl methyl sites for hydroxylation is 2. The smallest absolute Gasteiger partial charge is 0.272 e. The quantitative estimate of drug-likeness (QED) is 0.708. The molecule has 2 unspecified atom stereocenters. The molecule has 0 spiro atoms. The van der Waals surface area contributed by atoms with Crippen molar-refractivity contribution in [3.8, 4) is 5.75 Å². The molecule has 29 heavy (non-hydrogen) atoms. The van der Waals surface area contributed by atoms with Gasteiger partial charge in [0.1, 0.15) is 11.4 Å². The van der Waals surface area contributed by atoms with Crippen molar-refractivity contribution in [2.75, 3.05) is 26.0 Å². The van der Waals surface area contributed by atoms with Gasteiger partial charge in [-0.3, -0.25) is 19.2 Å². The van der Waals surface area contributed by atoms with Crippen molar-refractivity contribution < 1.29 is 14.3 Å². The highest BCUT2D eigenvalue weighted by Crippen LogP contribution is 2.16. The highest BCUT2D eigenvalue weighted by Gasteiger charge is 2.22. The van der Waals surface area contributed by atoms with Crippen LogP contribution in [-0.2, 0) is 17.8 Å². The first-order valence-corrected chi connectivity index (χ1v) is 9.90. The first kappa shape index (κ1) is 20.9. The van der Waals surface area contributed by atoms with Crippen LogP contribution in [0.25, 0.3) is 0 Å². The molecule has 0 bridgehead atoms. The van der Waals surface area contributed by atoms with Gasteiger partial charge in [0, 0.05) is 30.5 Å². The summed E-state index contributed by atoms with van der Waals surface area (Å²) >= 11 is 0.